The molecule has 3 rings (SSSR count). The lowest BCUT2D eigenvalue weighted by molar-refractivity contribution is -0.123. The molecule has 5 nitrogen and oxygen atoms in total. The van der Waals surface area contributed by atoms with Gasteiger partial charge in [-0.2, -0.15) is 0 Å². The van der Waals surface area contributed by atoms with Crippen LogP contribution >= 0.6 is 0 Å². The normalized spacial score (nSPS) is 15.4. The molecule has 1 N–H and O–H groups in total. The maximum absolute atomic E-state index is 12.2. The fourth-order valence-electron chi connectivity index (χ4n) is 3.36. The Morgan fingerprint density at radius 3 is 2.57 bits per heavy atom. The second-order valence-electron chi connectivity index (χ2n) is 7.73. The Kier molecular flexibility index (Phi) is 7.06. The number of aryl methyl sites for hydroxylation is 2. The second-order valence-corrected chi connectivity index (χ2v) is 7.73. The minimum Gasteiger partial charge on any atom is -0.483 e. The number of nitrogens with zero attached hydrogens (tertiary/aromatic N) is 2. The van der Waals surface area contributed by atoms with E-state index in [9.17, 15) is 4.79 Å². The van der Waals surface area contributed by atoms with Crippen molar-refractivity contribution in [3.05, 3.63) is 64.7 Å². The van der Waals surface area contributed by atoms with E-state index in [0.29, 0.717) is 6.54 Å². The quantitative estimate of drug-likeness (QED) is 0.801. The summed E-state index contributed by atoms with van der Waals surface area (Å²) in [5, 5.41) is 2.96. The van der Waals surface area contributed by atoms with Crippen molar-refractivity contribution >= 4 is 5.91 Å². The average molecular weight is 382 g/mol. The molecule has 28 heavy (non-hydrogen) atoms. The number of piperazine rings is 1. The van der Waals surface area contributed by atoms with Crippen molar-refractivity contribution in [2.24, 2.45) is 0 Å². The van der Waals surface area contributed by atoms with Crippen LogP contribution in [0.5, 0.6) is 5.75 Å². The molecule has 0 spiro atoms. The van der Waals surface area contributed by atoms with Crippen molar-refractivity contribution in [2.75, 3.05) is 39.8 Å². The summed E-state index contributed by atoms with van der Waals surface area (Å²) >= 11 is 0. The Labute approximate surface area is 168 Å². The summed E-state index contributed by atoms with van der Waals surface area (Å²) in [6, 6.07) is 14.5. The zero-order valence-corrected chi connectivity index (χ0v) is 17.2. The van der Waals surface area contributed by atoms with Crippen LogP contribution in [0.15, 0.2) is 42.5 Å². The molecule has 1 aliphatic rings. The molecule has 1 amide bonds. The Hall–Kier alpha value is -2.37. The number of hydrogen-bond acceptors (Lipinski definition) is 4. The summed E-state index contributed by atoms with van der Waals surface area (Å²) < 4.78 is 5.68. The third kappa shape index (κ3) is 6.08. The molecule has 0 radical (unpaired) electrons. The highest BCUT2D eigenvalue weighted by Crippen LogP contribution is 2.18. The van der Waals surface area contributed by atoms with Crippen LogP contribution < -0.4 is 10.1 Å². The van der Waals surface area contributed by atoms with Crippen LogP contribution in [0.2, 0.25) is 0 Å². The van der Waals surface area contributed by atoms with E-state index in [0.717, 1.165) is 55.2 Å². The van der Waals surface area contributed by atoms with Gasteiger partial charge in [0.05, 0.1) is 0 Å². The van der Waals surface area contributed by atoms with Gasteiger partial charge >= 0.3 is 0 Å². The van der Waals surface area contributed by atoms with E-state index in [-0.39, 0.29) is 12.5 Å². The Bertz CT molecular complexity index is 798. The van der Waals surface area contributed by atoms with Gasteiger partial charge in [0.2, 0.25) is 0 Å². The van der Waals surface area contributed by atoms with Gasteiger partial charge in [-0.05, 0) is 49.2 Å². The first-order valence-corrected chi connectivity index (χ1v) is 9.95. The van der Waals surface area contributed by atoms with E-state index < -0.39 is 0 Å². The Morgan fingerprint density at radius 2 is 1.79 bits per heavy atom. The predicted octanol–water partition coefficient (Wildman–Crippen LogP) is 2.75. The smallest absolute Gasteiger partial charge is 0.258 e. The second kappa shape index (κ2) is 9.71. The highest BCUT2D eigenvalue weighted by Gasteiger charge is 2.14. The van der Waals surface area contributed by atoms with Crippen LogP contribution in [0.1, 0.15) is 22.3 Å². The molecule has 2 aromatic carbocycles. The van der Waals surface area contributed by atoms with Crippen LogP contribution in [-0.4, -0.2) is 55.5 Å². The van der Waals surface area contributed by atoms with E-state index in [1.807, 2.05) is 32.0 Å². The van der Waals surface area contributed by atoms with E-state index >= 15 is 0 Å². The predicted molar refractivity (Wildman–Crippen MR) is 112 cm³/mol. The van der Waals surface area contributed by atoms with Crippen molar-refractivity contribution in [2.45, 2.75) is 26.9 Å². The fraction of sp³-hybridized carbons (Fsp3) is 0.435. The van der Waals surface area contributed by atoms with Gasteiger partial charge in [-0.1, -0.05) is 36.4 Å². The maximum atomic E-state index is 12.2. The average Bonchev–Trinajstić information content (AvgIpc) is 2.69. The molecule has 150 valence electrons. The molecule has 1 heterocycles. The lowest BCUT2D eigenvalue weighted by Crippen LogP contribution is -2.43. The van der Waals surface area contributed by atoms with E-state index in [4.69, 9.17) is 4.74 Å². The van der Waals surface area contributed by atoms with Crippen LogP contribution in [0.4, 0.5) is 0 Å². The van der Waals surface area contributed by atoms with Crippen LogP contribution in [0.25, 0.3) is 0 Å². The molecule has 0 unspecified atom stereocenters. The van der Waals surface area contributed by atoms with Crippen molar-refractivity contribution in [3.8, 4) is 5.75 Å². The number of carbonyl (C=O) groups is 1. The molecule has 5 heteroatoms. The molecule has 0 bridgehead atoms. The highest BCUT2D eigenvalue weighted by atomic mass is 16.5. The first kappa shape index (κ1) is 20.4. The highest BCUT2D eigenvalue weighted by molar-refractivity contribution is 5.77. The zero-order chi connectivity index (χ0) is 19.9. The Morgan fingerprint density at radius 1 is 1.04 bits per heavy atom. The van der Waals surface area contributed by atoms with Crippen molar-refractivity contribution in [1.82, 2.24) is 15.1 Å². The molecular weight excluding hydrogens is 350 g/mol. The van der Waals surface area contributed by atoms with E-state index in [2.05, 4.69) is 46.4 Å². The summed E-state index contributed by atoms with van der Waals surface area (Å²) in [6.07, 6.45) is 0. The first-order valence-electron chi connectivity index (χ1n) is 9.95. The van der Waals surface area contributed by atoms with Gasteiger partial charge in [-0.15, -0.1) is 0 Å². The lowest BCUT2D eigenvalue weighted by Gasteiger charge is -2.32. The summed E-state index contributed by atoms with van der Waals surface area (Å²) in [4.78, 5) is 17.0. The van der Waals surface area contributed by atoms with E-state index in [1.165, 1.54) is 5.56 Å². The number of carbonyl (C=O) groups excluding carboxylic acids is 1. The molecular formula is C23H31N3O2. The van der Waals surface area contributed by atoms with Crippen molar-refractivity contribution in [3.63, 3.8) is 0 Å². The largest absolute Gasteiger partial charge is 0.483 e. The van der Waals surface area contributed by atoms with Crippen molar-refractivity contribution < 1.29 is 9.53 Å². The lowest BCUT2D eigenvalue weighted by atomic mass is 10.1. The van der Waals surface area contributed by atoms with Gasteiger partial charge in [-0.3, -0.25) is 9.69 Å². The monoisotopic (exact) mass is 381 g/mol. The van der Waals surface area contributed by atoms with Gasteiger partial charge in [-0.25, -0.2) is 0 Å². The van der Waals surface area contributed by atoms with Gasteiger partial charge < -0.3 is 15.0 Å². The maximum Gasteiger partial charge on any atom is 0.258 e. The number of nitrogens with one attached hydrogen (secondary N) is 1. The molecule has 0 aliphatic carbocycles. The minimum atomic E-state index is -0.106. The van der Waals surface area contributed by atoms with Crippen LogP contribution in [0.3, 0.4) is 0 Å². The number of hydrogen-bond donors (Lipinski definition) is 1. The third-order valence-corrected chi connectivity index (χ3v) is 5.19. The third-order valence-electron chi connectivity index (χ3n) is 5.19. The SMILES string of the molecule is Cc1ccc(C)c(OCC(=O)NCc2cccc(CN3CCN(C)CC3)c2)c1. The number of likely N-dealkylation sites (N-methyl/N-ethyl adjacent to an activating group) is 1. The van der Waals surface area contributed by atoms with Crippen molar-refractivity contribution in [1.29, 1.82) is 0 Å². The summed E-state index contributed by atoms with van der Waals surface area (Å²) in [7, 11) is 2.17. The number of amides is 1. The topological polar surface area (TPSA) is 44.8 Å². The minimum absolute atomic E-state index is 0.0330. The molecule has 0 aromatic heterocycles. The van der Waals surface area contributed by atoms with E-state index in [1.54, 1.807) is 0 Å². The number of ether oxygens (including phenoxy) is 1. The van der Waals surface area contributed by atoms with Gasteiger partial charge in [0.1, 0.15) is 5.75 Å². The summed E-state index contributed by atoms with van der Waals surface area (Å²) in [5.74, 6) is 0.662. The first-order chi connectivity index (χ1) is 13.5. The zero-order valence-electron chi connectivity index (χ0n) is 17.2. The Balaban J connectivity index is 1.46. The van der Waals surface area contributed by atoms with Gasteiger partial charge in [0.15, 0.2) is 6.61 Å². The number of rotatable bonds is 7. The summed E-state index contributed by atoms with van der Waals surface area (Å²) in [5.41, 5.74) is 4.57. The van der Waals surface area contributed by atoms with Crippen LogP contribution in [0, 0.1) is 13.8 Å². The number of benzene rings is 2. The van der Waals surface area contributed by atoms with Gasteiger partial charge in [0, 0.05) is 39.3 Å². The molecule has 2 aromatic rings. The molecule has 0 atom stereocenters. The molecule has 1 fully saturated rings. The standard InChI is InChI=1S/C23H31N3O2/c1-18-7-8-19(2)22(13-18)28-17-23(27)24-15-20-5-4-6-21(14-20)16-26-11-9-25(3)10-12-26/h4-8,13-14H,9-12,15-17H2,1-3H3,(H,24,27). The molecule has 1 aliphatic heterocycles. The summed E-state index contributed by atoms with van der Waals surface area (Å²) in [6.45, 7) is 9.97. The van der Waals surface area contributed by atoms with Crippen LogP contribution in [-0.2, 0) is 17.9 Å². The molecule has 0 saturated carbocycles. The molecule has 1 saturated heterocycles. The van der Waals surface area contributed by atoms with Gasteiger partial charge in [0.25, 0.3) is 5.91 Å². The fourth-order valence-corrected chi connectivity index (χ4v) is 3.36.